The van der Waals surface area contributed by atoms with Crippen LogP contribution in [0.2, 0.25) is 0 Å². The average Bonchev–Trinajstić information content (AvgIpc) is 2.27. The number of hydrogen-bond donors (Lipinski definition) is 1. The highest BCUT2D eigenvalue weighted by atomic mass is 32.1. The van der Waals surface area contributed by atoms with Crippen LogP contribution in [0.1, 0.15) is 25.3 Å². The molecule has 0 aromatic heterocycles. The lowest BCUT2D eigenvalue weighted by Gasteiger charge is -2.17. The van der Waals surface area contributed by atoms with Crippen LogP contribution in [-0.2, 0) is 6.18 Å². The Kier molecular flexibility index (Phi) is 4.95. The van der Waals surface area contributed by atoms with Crippen LogP contribution in [0.3, 0.4) is 0 Å². The van der Waals surface area contributed by atoms with Crippen LogP contribution in [0.4, 0.5) is 13.2 Å². The Morgan fingerprint density at radius 1 is 1.33 bits per heavy atom. The van der Waals surface area contributed by atoms with Crippen molar-refractivity contribution < 1.29 is 17.9 Å². The van der Waals surface area contributed by atoms with Crippen molar-refractivity contribution in [1.82, 2.24) is 0 Å². The van der Waals surface area contributed by atoms with E-state index < -0.39 is 11.7 Å². The summed E-state index contributed by atoms with van der Waals surface area (Å²) in [7, 11) is 0. The Labute approximate surface area is 109 Å². The van der Waals surface area contributed by atoms with Crippen molar-refractivity contribution in [3.8, 4) is 5.75 Å². The first kappa shape index (κ1) is 14.8. The van der Waals surface area contributed by atoms with Crippen molar-refractivity contribution in [2.45, 2.75) is 32.0 Å². The maximum atomic E-state index is 12.3. The first-order valence-electron chi connectivity index (χ1n) is 5.45. The second-order valence-corrected chi connectivity index (χ2v) is 4.37. The minimum absolute atomic E-state index is 0.209. The first-order valence-corrected chi connectivity index (χ1v) is 5.86. The zero-order valence-electron chi connectivity index (χ0n) is 9.83. The summed E-state index contributed by atoms with van der Waals surface area (Å²) in [5, 5.41) is 0. The number of rotatable bonds is 5. The van der Waals surface area contributed by atoms with Gasteiger partial charge >= 0.3 is 6.18 Å². The maximum Gasteiger partial charge on any atom is 0.416 e. The molecule has 0 saturated carbocycles. The fourth-order valence-corrected chi connectivity index (χ4v) is 1.59. The normalized spacial score (nSPS) is 13.1. The zero-order valence-corrected chi connectivity index (χ0v) is 10.6. The molecule has 100 valence electrons. The van der Waals surface area contributed by atoms with Crippen LogP contribution in [0.5, 0.6) is 5.75 Å². The van der Waals surface area contributed by atoms with Gasteiger partial charge in [-0.2, -0.15) is 13.2 Å². The lowest BCUT2D eigenvalue weighted by Crippen LogP contribution is -2.23. The zero-order chi connectivity index (χ0) is 13.8. The van der Waals surface area contributed by atoms with Gasteiger partial charge in [0.2, 0.25) is 0 Å². The summed E-state index contributed by atoms with van der Waals surface area (Å²) in [6.07, 6.45) is -3.45. The fourth-order valence-electron chi connectivity index (χ4n) is 1.41. The average molecular weight is 277 g/mol. The molecule has 0 saturated heterocycles. The number of thiocarbonyl (C=S) groups is 1. The Balaban J connectivity index is 2.71. The van der Waals surface area contributed by atoms with Gasteiger partial charge < -0.3 is 10.5 Å². The fraction of sp³-hybridized carbons (Fsp3) is 0.417. The second-order valence-electron chi connectivity index (χ2n) is 3.84. The first-order chi connectivity index (χ1) is 8.32. The van der Waals surface area contributed by atoms with Crippen molar-refractivity contribution in [3.05, 3.63) is 29.8 Å². The molecule has 0 heterocycles. The van der Waals surface area contributed by atoms with E-state index in [1.807, 2.05) is 6.92 Å². The number of hydrogen-bond acceptors (Lipinski definition) is 2. The van der Waals surface area contributed by atoms with E-state index in [1.54, 1.807) is 0 Å². The predicted molar refractivity (Wildman–Crippen MR) is 67.6 cm³/mol. The number of benzene rings is 1. The van der Waals surface area contributed by atoms with Gasteiger partial charge in [0, 0.05) is 6.42 Å². The molecule has 0 aliphatic carbocycles. The monoisotopic (exact) mass is 277 g/mol. The molecule has 0 amide bonds. The number of alkyl halides is 3. The SMILES string of the molecule is CCC(CC(N)=S)Oc1ccc(C(F)(F)F)cc1. The molecular weight excluding hydrogens is 263 g/mol. The summed E-state index contributed by atoms with van der Waals surface area (Å²) in [5.74, 6) is 0.381. The highest BCUT2D eigenvalue weighted by Crippen LogP contribution is 2.30. The molecule has 1 rings (SSSR count). The van der Waals surface area contributed by atoms with Crippen molar-refractivity contribution in [2.24, 2.45) is 5.73 Å². The Hall–Kier alpha value is -1.30. The van der Waals surface area contributed by atoms with Gasteiger partial charge in [-0.1, -0.05) is 19.1 Å². The van der Waals surface area contributed by atoms with Crippen LogP contribution >= 0.6 is 12.2 Å². The van der Waals surface area contributed by atoms with Crippen LogP contribution < -0.4 is 10.5 Å². The number of nitrogens with two attached hydrogens (primary N) is 1. The van der Waals surface area contributed by atoms with Gasteiger partial charge in [0.25, 0.3) is 0 Å². The molecular formula is C12H14F3NOS. The van der Waals surface area contributed by atoms with Crippen LogP contribution in [-0.4, -0.2) is 11.1 Å². The van der Waals surface area contributed by atoms with Crippen molar-refractivity contribution >= 4 is 17.2 Å². The quantitative estimate of drug-likeness (QED) is 0.836. The molecule has 1 atom stereocenters. The molecule has 2 N–H and O–H groups in total. The molecule has 1 unspecified atom stereocenters. The topological polar surface area (TPSA) is 35.2 Å². The molecule has 0 bridgehead atoms. The van der Waals surface area contributed by atoms with E-state index >= 15 is 0 Å². The standard InChI is InChI=1S/C12H14F3NOS/c1-2-9(7-11(16)18)17-10-5-3-8(4-6-10)12(13,14)15/h3-6,9H,2,7H2,1H3,(H2,16,18). The van der Waals surface area contributed by atoms with Gasteiger partial charge in [-0.05, 0) is 30.7 Å². The second kappa shape index (κ2) is 6.04. The highest BCUT2D eigenvalue weighted by Gasteiger charge is 2.30. The minimum atomic E-state index is -4.33. The number of ether oxygens (including phenoxy) is 1. The molecule has 2 nitrogen and oxygen atoms in total. The van der Waals surface area contributed by atoms with Gasteiger partial charge in [-0.25, -0.2) is 0 Å². The summed E-state index contributed by atoms with van der Waals surface area (Å²) in [6, 6.07) is 4.57. The highest BCUT2D eigenvalue weighted by molar-refractivity contribution is 7.80. The van der Waals surface area contributed by atoms with Crippen LogP contribution in [0.25, 0.3) is 0 Å². The lowest BCUT2D eigenvalue weighted by molar-refractivity contribution is -0.137. The van der Waals surface area contributed by atoms with Gasteiger partial charge in [0.05, 0.1) is 10.6 Å². The van der Waals surface area contributed by atoms with E-state index in [9.17, 15) is 13.2 Å². The maximum absolute atomic E-state index is 12.3. The number of halogens is 3. The smallest absolute Gasteiger partial charge is 0.416 e. The van der Waals surface area contributed by atoms with E-state index in [1.165, 1.54) is 12.1 Å². The summed E-state index contributed by atoms with van der Waals surface area (Å²) >= 11 is 4.77. The largest absolute Gasteiger partial charge is 0.490 e. The molecule has 0 aliphatic heterocycles. The van der Waals surface area contributed by atoms with Crippen molar-refractivity contribution in [2.75, 3.05) is 0 Å². The van der Waals surface area contributed by atoms with Gasteiger partial charge in [0.15, 0.2) is 0 Å². The summed E-state index contributed by atoms with van der Waals surface area (Å²) < 4.78 is 42.5. The van der Waals surface area contributed by atoms with Gasteiger partial charge in [-0.15, -0.1) is 0 Å². The van der Waals surface area contributed by atoms with Gasteiger partial charge in [-0.3, -0.25) is 0 Å². The van der Waals surface area contributed by atoms with Gasteiger partial charge in [0.1, 0.15) is 11.9 Å². The Morgan fingerprint density at radius 3 is 2.28 bits per heavy atom. The van der Waals surface area contributed by atoms with E-state index in [4.69, 9.17) is 22.7 Å². The molecule has 0 spiro atoms. The third kappa shape index (κ3) is 4.52. The predicted octanol–water partition coefficient (Wildman–Crippen LogP) is 3.54. The Bertz CT molecular complexity index is 403. The molecule has 18 heavy (non-hydrogen) atoms. The summed E-state index contributed by atoms with van der Waals surface area (Å²) in [4.78, 5) is 0.328. The van der Waals surface area contributed by atoms with Crippen LogP contribution in [0, 0.1) is 0 Å². The van der Waals surface area contributed by atoms with E-state index in [2.05, 4.69) is 0 Å². The summed E-state index contributed by atoms with van der Waals surface area (Å²) in [5.41, 5.74) is 4.71. The van der Waals surface area contributed by atoms with E-state index in [-0.39, 0.29) is 6.10 Å². The Morgan fingerprint density at radius 2 is 1.89 bits per heavy atom. The van der Waals surface area contributed by atoms with Crippen molar-refractivity contribution in [1.29, 1.82) is 0 Å². The molecule has 1 aromatic rings. The van der Waals surface area contributed by atoms with E-state index in [0.717, 1.165) is 12.1 Å². The lowest BCUT2D eigenvalue weighted by atomic mass is 10.2. The molecule has 0 radical (unpaired) electrons. The van der Waals surface area contributed by atoms with E-state index in [0.29, 0.717) is 23.6 Å². The molecule has 6 heteroatoms. The third-order valence-corrected chi connectivity index (χ3v) is 2.54. The molecule has 1 aromatic carbocycles. The summed E-state index contributed by atoms with van der Waals surface area (Å²) in [6.45, 7) is 1.90. The minimum Gasteiger partial charge on any atom is -0.490 e. The third-order valence-electron chi connectivity index (χ3n) is 2.37. The molecule has 0 aliphatic rings. The van der Waals surface area contributed by atoms with Crippen molar-refractivity contribution in [3.63, 3.8) is 0 Å². The van der Waals surface area contributed by atoms with Crippen LogP contribution in [0.15, 0.2) is 24.3 Å². The molecule has 0 fully saturated rings.